The molecule has 1 saturated heterocycles. The van der Waals surface area contributed by atoms with Crippen molar-refractivity contribution in [3.05, 3.63) is 0 Å². The highest BCUT2D eigenvalue weighted by Crippen LogP contribution is 2.61. The van der Waals surface area contributed by atoms with Crippen LogP contribution in [0.2, 0.25) is 0 Å². The number of hydrogen-bond donors (Lipinski definition) is 0. The molecule has 3 aliphatic rings. The van der Waals surface area contributed by atoms with Gasteiger partial charge in [0.1, 0.15) is 0 Å². The molecule has 1 heterocycles. The Morgan fingerprint density at radius 2 is 1.75 bits per heavy atom. The van der Waals surface area contributed by atoms with Gasteiger partial charge in [-0.15, -0.1) is 0 Å². The Morgan fingerprint density at radius 3 is 2.50 bits per heavy atom. The highest BCUT2D eigenvalue weighted by Gasteiger charge is 2.61. The van der Waals surface area contributed by atoms with Gasteiger partial charge in [-0.2, -0.15) is 0 Å². The van der Waals surface area contributed by atoms with Crippen LogP contribution in [0.4, 0.5) is 0 Å². The summed E-state index contributed by atoms with van der Waals surface area (Å²) in [6.45, 7) is 9.53. The first kappa shape index (κ1) is 11.1. The molecule has 0 aromatic heterocycles. The van der Waals surface area contributed by atoms with E-state index in [0.717, 1.165) is 23.7 Å². The van der Waals surface area contributed by atoms with Crippen LogP contribution >= 0.6 is 0 Å². The van der Waals surface area contributed by atoms with Crippen molar-refractivity contribution in [2.24, 2.45) is 23.7 Å². The quantitative estimate of drug-likeness (QED) is 0.601. The SMILES string of the molecule is CC1CCC2CC3(OC2(C)C)C(C)CCC13. The largest absolute Gasteiger partial charge is 0.368 e. The van der Waals surface area contributed by atoms with Gasteiger partial charge < -0.3 is 4.74 Å². The smallest absolute Gasteiger partial charge is 0.0749 e. The minimum absolute atomic E-state index is 0.136. The summed E-state index contributed by atoms with van der Waals surface area (Å²) in [5, 5.41) is 0. The van der Waals surface area contributed by atoms with Crippen molar-refractivity contribution in [3.8, 4) is 0 Å². The first-order chi connectivity index (χ1) is 7.46. The Balaban J connectivity index is 2.01. The van der Waals surface area contributed by atoms with Crippen molar-refractivity contribution in [1.29, 1.82) is 0 Å². The summed E-state index contributed by atoms with van der Waals surface area (Å²) in [5.74, 6) is 3.31. The molecule has 0 N–H and O–H groups in total. The van der Waals surface area contributed by atoms with Crippen LogP contribution < -0.4 is 0 Å². The zero-order valence-electron chi connectivity index (χ0n) is 11.3. The second-order valence-corrected chi connectivity index (χ2v) is 7.20. The summed E-state index contributed by atoms with van der Waals surface area (Å²) in [4.78, 5) is 0. The van der Waals surface area contributed by atoms with Crippen LogP contribution in [-0.4, -0.2) is 11.2 Å². The third kappa shape index (κ3) is 1.27. The van der Waals surface area contributed by atoms with Gasteiger partial charge in [-0.05, 0) is 69.6 Å². The first-order valence-corrected chi connectivity index (χ1v) is 7.16. The molecule has 3 fully saturated rings. The third-order valence-electron chi connectivity index (χ3n) is 6.03. The van der Waals surface area contributed by atoms with E-state index >= 15 is 0 Å². The minimum Gasteiger partial charge on any atom is -0.368 e. The maximum atomic E-state index is 6.65. The fourth-order valence-corrected chi connectivity index (χ4v) is 4.94. The molecule has 5 atom stereocenters. The molecule has 1 aliphatic heterocycles. The topological polar surface area (TPSA) is 9.23 Å². The molecule has 92 valence electrons. The van der Waals surface area contributed by atoms with E-state index in [1.807, 2.05) is 0 Å². The Hall–Kier alpha value is -0.0400. The highest BCUT2D eigenvalue weighted by molar-refractivity contribution is 5.10. The van der Waals surface area contributed by atoms with Crippen LogP contribution in [-0.2, 0) is 4.74 Å². The fourth-order valence-electron chi connectivity index (χ4n) is 4.94. The Morgan fingerprint density at radius 1 is 1.00 bits per heavy atom. The molecule has 16 heavy (non-hydrogen) atoms. The number of ether oxygens (including phenoxy) is 1. The second-order valence-electron chi connectivity index (χ2n) is 7.20. The number of hydrogen-bond acceptors (Lipinski definition) is 1. The van der Waals surface area contributed by atoms with Gasteiger partial charge in [0, 0.05) is 0 Å². The average Bonchev–Trinajstić information content (AvgIpc) is 2.57. The molecular weight excluding hydrogens is 196 g/mol. The predicted octanol–water partition coefficient (Wildman–Crippen LogP) is 4.02. The van der Waals surface area contributed by atoms with Crippen molar-refractivity contribution in [2.75, 3.05) is 0 Å². The summed E-state index contributed by atoms with van der Waals surface area (Å²) in [5.41, 5.74) is 0.390. The molecule has 0 aromatic rings. The van der Waals surface area contributed by atoms with Crippen molar-refractivity contribution in [2.45, 2.75) is 71.0 Å². The molecule has 5 unspecified atom stereocenters. The Labute approximate surface area is 99.9 Å². The fraction of sp³-hybridized carbons (Fsp3) is 1.00. The van der Waals surface area contributed by atoms with Gasteiger partial charge in [-0.25, -0.2) is 0 Å². The van der Waals surface area contributed by atoms with Gasteiger partial charge in [0.15, 0.2) is 0 Å². The van der Waals surface area contributed by atoms with Crippen LogP contribution in [0.1, 0.15) is 59.8 Å². The van der Waals surface area contributed by atoms with Crippen molar-refractivity contribution in [1.82, 2.24) is 0 Å². The summed E-state index contributed by atoms with van der Waals surface area (Å²) in [7, 11) is 0. The van der Waals surface area contributed by atoms with Crippen LogP contribution in [0, 0.1) is 23.7 Å². The van der Waals surface area contributed by atoms with Crippen molar-refractivity contribution in [3.63, 3.8) is 0 Å². The summed E-state index contributed by atoms with van der Waals surface area (Å²) in [6, 6.07) is 0. The van der Waals surface area contributed by atoms with Gasteiger partial charge in [-0.3, -0.25) is 0 Å². The van der Waals surface area contributed by atoms with Crippen LogP contribution in [0.25, 0.3) is 0 Å². The van der Waals surface area contributed by atoms with E-state index in [-0.39, 0.29) is 11.2 Å². The first-order valence-electron chi connectivity index (χ1n) is 7.16. The van der Waals surface area contributed by atoms with E-state index in [9.17, 15) is 0 Å². The molecule has 0 aromatic carbocycles. The molecular formula is C15H26O. The normalized spacial score (nSPS) is 54.8. The highest BCUT2D eigenvalue weighted by atomic mass is 16.5. The van der Waals surface area contributed by atoms with Gasteiger partial charge in [0.25, 0.3) is 0 Å². The van der Waals surface area contributed by atoms with E-state index in [2.05, 4.69) is 27.7 Å². The van der Waals surface area contributed by atoms with Gasteiger partial charge >= 0.3 is 0 Å². The van der Waals surface area contributed by atoms with Crippen molar-refractivity contribution >= 4 is 0 Å². The van der Waals surface area contributed by atoms with E-state index in [0.29, 0.717) is 0 Å². The molecule has 3 rings (SSSR count). The standard InChI is InChI=1S/C15H26O/c1-10-5-7-12-9-15(16-14(12,3)4)11(2)6-8-13(10)15/h10-13H,5-9H2,1-4H3. The molecule has 1 heteroatoms. The molecule has 0 amide bonds. The number of rotatable bonds is 0. The van der Waals surface area contributed by atoms with Crippen molar-refractivity contribution < 1.29 is 4.74 Å². The van der Waals surface area contributed by atoms with Crippen LogP contribution in [0.15, 0.2) is 0 Å². The Kier molecular flexibility index (Phi) is 2.25. The molecule has 2 aliphatic carbocycles. The maximum absolute atomic E-state index is 6.65. The second kappa shape index (κ2) is 3.25. The molecule has 1 nitrogen and oxygen atoms in total. The molecule has 0 radical (unpaired) electrons. The summed E-state index contributed by atoms with van der Waals surface area (Å²) < 4.78 is 6.65. The third-order valence-corrected chi connectivity index (χ3v) is 6.03. The zero-order valence-corrected chi connectivity index (χ0v) is 11.3. The van der Waals surface area contributed by atoms with E-state index in [1.165, 1.54) is 32.1 Å². The van der Waals surface area contributed by atoms with Crippen LogP contribution in [0.5, 0.6) is 0 Å². The number of fused-ring (bicyclic) bond motifs is 1. The van der Waals surface area contributed by atoms with Gasteiger partial charge in [-0.1, -0.05) is 13.8 Å². The minimum atomic E-state index is 0.136. The maximum Gasteiger partial charge on any atom is 0.0749 e. The zero-order chi connectivity index (χ0) is 11.6. The molecule has 2 bridgehead atoms. The summed E-state index contributed by atoms with van der Waals surface area (Å²) in [6.07, 6.45) is 6.95. The summed E-state index contributed by atoms with van der Waals surface area (Å²) >= 11 is 0. The van der Waals surface area contributed by atoms with E-state index in [1.54, 1.807) is 0 Å². The lowest BCUT2D eigenvalue weighted by Gasteiger charge is -2.40. The lowest BCUT2D eigenvalue weighted by molar-refractivity contribution is -0.145. The predicted molar refractivity (Wildman–Crippen MR) is 66.3 cm³/mol. The van der Waals surface area contributed by atoms with E-state index < -0.39 is 0 Å². The Bertz CT molecular complexity index is 296. The molecule has 1 spiro atoms. The van der Waals surface area contributed by atoms with Gasteiger partial charge in [0.05, 0.1) is 11.2 Å². The monoisotopic (exact) mass is 222 g/mol. The molecule has 2 saturated carbocycles. The van der Waals surface area contributed by atoms with Crippen LogP contribution in [0.3, 0.4) is 0 Å². The lowest BCUT2D eigenvalue weighted by Crippen LogP contribution is -2.43. The lowest BCUT2D eigenvalue weighted by atomic mass is 9.77. The average molecular weight is 222 g/mol. The van der Waals surface area contributed by atoms with Gasteiger partial charge in [0.2, 0.25) is 0 Å². The van der Waals surface area contributed by atoms with E-state index in [4.69, 9.17) is 4.74 Å².